The molecule has 0 radical (unpaired) electrons. The number of nitrogens with zero attached hydrogens (tertiary/aromatic N) is 2. The first-order valence-corrected chi connectivity index (χ1v) is 7.59. The molecular weight excluding hydrogens is 262 g/mol. The lowest BCUT2D eigenvalue weighted by Gasteiger charge is -2.10. The highest BCUT2D eigenvalue weighted by Crippen LogP contribution is 2.16. The van der Waals surface area contributed by atoms with Crippen molar-refractivity contribution in [2.75, 3.05) is 0 Å². The largest absolute Gasteiger partial charge is 0.487 e. The molecule has 0 amide bonds. The molecule has 21 heavy (non-hydrogen) atoms. The van der Waals surface area contributed by atoms with Crippen molar-refractivity contribution < 1.29 is 4.74 Å². The molecule has 0 fully saturated rings. The van der Waals surface area contributed by atoms with E-state index >= 15 is 0 Å². The number of ether oxygens (including phenoxy) is 1. The number of nitrogens with two attached hydrogens (primary N) is 1. The molecule has 4 nitrogen and oxygen atoms in total. The molecule has 0 aliphatic carbocycles. The van der Waals surface area contributed by atoms with E-state index in [0.29, 0.717) is 12.6 Å². The molecule has 1 aromatic heterocycles. The van der Waals surface area contributed by atoms with Gasteiger partial charge < -0.3 is 10.5 Å². The zero-order valence-electron chi connectivity index (χ0n) is 13.1. The minimum Gasteiger partial charge on any atom is -0.487 e. The van der Waals surface area contributed by atoms with Crippen LogP contribution in [0.1, 0.15) is 44.5 Å². The van der Waals surface area contributed by atoms with Crippen LogP contribution in [0.3, 0.4) is 0 Å². The van der Waals surface area contributed by atoms with Gasteiger partial charge in [0.25, 0.3) is 0 Å². The molecule has 1 heterocycles. The van der Waals surface area contributed by atoms with E-state index in [4.69, 9.17) is 10.5 Å². The minimum atomic E-state index is 0.210. The van der Waals surface area contributed by atoms with E-state index in [1.807, 2.05) is 29.1 Å². The first-order valence-electron chi connectivity index (χ1n) is 7.59. The maximum atomic E-state index is 6.00. The molecule has 0 saturated carbocycles. The second-order valence-corrected chi connectivity index (χ2v) is 5.69. The third-order valence-electron chi connectivity index (χ3n) is 3.50. The summed E-state index contributed by atoms with van der Waals surface area (Å²) in [5.74, 6) is 0.870. The number of hydrogen-bond acceptors (Lipinski definition) is 3. The van der Waals surface area contributed by atoms with Gasteiger partial charge in [0.2, 0.25) is 0 Å². The van der Waals surface area contributed by atoms with E-state index < -0.39 is 0 Å². The molecule has 1 unspecified atom stereocenters. The number of rotatable bonds is 7. The van der Waals surface area contributed by atoms with Gasteiger partial charge >= 0.3 is 0 Å². The fraction of sp³-hybridized carbons (Fsp3) is 0.471. The minimum absolute atomic E-state index is 0.210. The molecule has 0 saturated heterocycles. The van der Waals surface area contributed by atoms with Gasteiger partial charge in [-0.05, 0) is 50.5 Å². The van der Waals surface area contributed by atoms with Crippen molar-refractivity contribution in [3.05, 3.63) is 47.8 Å². The van der Waals surface area contributed by atoms with Crippen LogP contribution >= 0.6 is 0 Å². The molecule has 4 heteroatoms. The summed E-state index contributed by atoms with van der Waals surface area (Å²) in [7, 11) is 0. The van der Waals surface area contributed by atoms with Crippen LogP contribution in [0.2, 0.25) is 0 Å². The first-order chi connectivity index (χ1) is 10.1. The van der Waals surface area contributed by atoms with Crippen molar-refractivity contribution in [3.8, 4) is 5.75 Å². The quantitative estimate of drug-likeness (QED) is 0.850. The summed E-state index contributed by atoms with van der Waals surface area (Å²) in [6.45, 7) is 6.81. The Morgan fingerprint density at radius 2 is 2.10 bits per heavy atom. The number of aromatic nitrogens is 2. The average molecular weight is 287 g/mol. The van der Waals surface area contributed by atoms with Crippen molar-refractivity contribution in [3.63, 3.8) is 0 Å². The Morgan fingerprint density at radius 1 is 1.29 bits per heavy atom. The van der Waals surface area contributed by atoms with E-state index in [1.54, 1.807) is 0 Å². The summed E-state index contributed by atoms with van der Waals surface area (Å²) < 4.78 is 7.76. The van der Waals surface area contributed by atoms with Gasteiger partial charge in [-0.25, -0.2) is 0 Å². The average Bonchev–Trinajstić information content (AvgIpc) is 2.94. The summed E-state index contributed by atoms with van der Waals surface area (Å²) in [4.78, 5) is 0. The number of hydrogen-bond donors (Lipinski definition) is 1. The van der Waals surface area contributed by atoms with Gasteiger partial charge in [-0.2, -0.15) is 5.10 Å². The van der Waals surface area contributed by atoms with Gasteiger partial charge in [0.05, 0.1) is 5.69 Å². The van der Waals surface area contributed by atoms with E-state index in [2.05, 4.69) is 38.0 Å². The van der Waals surface area contributed by atoms with E-state index in [9.17, 15) is 0 Å². The highest BCUT2D eigenvalue weighted by atomic mass is 16.5. The van der Waals surface area contributed by atoms with Gasteiger partial charge in [0, 0.05) is 18.3 Å². The smallest absolute Gasteiger partial charge is 0.132 e. The molecule has 0 bridgehead atoms. The zero-order chi connectivity index (χ0) is 15.2. The number of benzene rings is 1. The van der Waals surface area contributed by atoms with Crippen molar-refractivity contribution in [1.82, 2.24) is 9.78 Å². The summed E-state index contributed by atoms with van der Waals surface area (Å²) in [6.07, 6.45) is 3.85. The Balaban J connectivity index is 1.94. The maximum absolute atomic E-state index is 6.00. The fourth-order valence-corrected chi connectivity index (χ4v) is 2.11. The summed E-state index contributed by atoms with van der Waals surface area (Å²) in [5.41, 5.74) is 8.16. The molecule has 2 rings (SSSR count). The Labute approximate surface area is 126 Å². The van der Waals surface area contributed by atoms with Crippen LogP contribution in [0, 0.1) is 0 Å². The highest BCUT2D eigenvalue weighted by molar-refractivity contribution is 5.29. The molecule has 2 N–H and O–H groups in total. The topological polar surface area (TPSA) is 53.1 Å². The Kier molecular flexibility index (Phi) is 5.39. The maximum Gasteiger partial charge on any atom is 0.132 e. The highest BCUT2D eigenvalue weighted by Gasteiger charge is 2.05. The van der Waals surface area contributed by atoms with Crippen LogP contribution in [0.25, 0.3) is 0 Å². The standard InChI is InChI=1S/C17H25N3O/c1-4-15(18)10-14-6-5-7-17(11-14)21-12-16-8-9-20(19-16)13(2)3/h5-9,11,13,15H,4,10,12,18H2,1-3H3. The third kappa shape index (κ3) is 4.60. The van der Waals surface area contributed by atoms with Crippen LogP contribution in [-0.2, 0) is 13.0 Å². The Morgan fingerprint density at radius 3 is 2.76 bits per heavy atom. The van der Waals surface area contributed by atoms with Gasteiger partial charge in [-0.1, -0.05) is 19.1 Å². The van der Waals surface area contributed by atoms with Crippen molar-refractivity contribution in [2.45, 2.75) is 52.3 Å². The SMILES string of the molecule is CCC(N)Cc1cccc(OCc2ccn(C(C)C)n2)c1. The van der Waals surface area contributed by atoms with Crippen molar-refractivity contribution >= 4 is 0 Å². The monoisotopic (exact) mass is 287 g/mol. The van der Waals surface area contributed by atoms with Crippen LogP contribution < -0.4 is 10.5 Å². The van der Waals surface area contributed by atoms with E-state index in [-0.39, 0.29) is 6.04 Å². The molecule has 114 valence electrons. The van der Waals surface area contributed by atoms with E-state index in [0.717, 1.165) is 24.3 Å². The zero-order valence-corrected chi connectivity index (χ0v) is 13.1. The van der Waals surface area contributed by atoms with Gasteiger partial charge in [0.15, 0.2) is 0 Å². The van der Waals surface area contributed by atoms with Crippen LogP contribution in [0.4, 0.5) is 0 Å². The molecule has 0 aliphatic rings. The van der Waals surface area contributed by atoms with Gasteiger partial charge in [0.1, 0.15) is 12.4 Å². The first kappa shape index (κ1) is 15.6. The van der Waals surface area contributed by atoms with Gasteiger partial charge in [-0.3, -0.25) is 4.68 Å². The molecule has 0 aliphatic heterocycles. The second kappa shape index (κ2) is 7.27. The van der Waals surface area contributed by atoms with Crippen molar-refractivity contribution in [1.29, 1.82) is 0 Å². The summed E-state index contributed by atoms with van der Waals surface area (Å²) >= 11 is 0. The molecule has 2 aromatic rings. The Hall–Kier alpha value is -1.81. The lowest BCUT2D eigenvalue weighted by atomic mass is 10.0. The molecule has 1 aromatic carbocycles. The lowest BCUT2D eigenvalue weighted by Crippen LogP contribution is -2.21. The lowest BCUT2D eigenvalue weighted by molar-refractivity contribution is 0.298. The van der Waals surface area contributed by atoms with Crippen LogP contribution in [0.15, 0.2) is 36.5 Å². The molecule has 1 atom stereocenters. The molecule has 0 spiro atoms. The fourth-order valence-electron chi connectivity index (χ4n) is 2.11. The predicted octanol–water partition coefficient (Wildman–Crippen LogP) is 3.32. The predicted molar refractivity (Wildman–Crippen MR) is 85.4 cm³/mol. The van der Waals surface area contributed by atoms with Crippen LogP contribution in [-0.4, -0.2) is 15.8 Å². The van der Waals surface area contributed by atoms with E-state index in [1.165, 1.54) is 5.56 Å². The normalized spacial score (nSPS) is 12.6. The third-order valence-corrected chi connectivity index (χ3v) is 3.50. The molecular formula is C17H25N3O. The summed E-state index contributed by atoms with van der Waals surface area (Å²) in [5, 5.41) is 4.48. The second-order valence-electron chi connectivity index (χ2n) is 5.69. The summed E-state index contributed by atoms with van der Waals surface area (Å²) in [6, 6.07) is 10.7. The van der Waals surface area contributed by atoms with Crippen LogP contribution in [0.5, 0.6) is 5.75 Å². The van der Waals surface area contributed by atoms with Crippen molar-refractivity contribution in [2.24, 2.45) is 5.73 Å². The Bertz CT molecular complexity index is 563. The van der Waals surface area contributed by atoms with Gasteiger partial charge in [-0.15, -0.1) is 0 Å².